The van der Waals surface area contributed by atoms with Crippen LogP contribution in [0.4, 0.5) is 0 Å². The van der Waals surface area contributed by atoms with Gasteiger partial charge in [0.2, 0.25) is 5.91 Å². The summed E-state index contributed by atoms with van der Waals surface area (Å²) in [6.45, 7) is 4.93. The van der Waals surface area contributed by atoms with Crippen molar-refractivity contribution in [3.63, 3.8) is 0 Å². The second-order valence-corrected chi connectivity index (χ2v) is 21.0. The van der Waals surface area contributed by atoms with Crippen molar-refractivity contribution in [3.8, 4) is 0 Å². The molecule has 406 valence electrons. The van der Waals surface area contributed by atoms with Crippen LogP contribution >= 0.6 is 0 Å². The van der Waals surface area contributed by atoms with Gasteiger partial charge in [-0.1, -0.05) is 269 Å². The molecule has 0 aromatic rings. The molecule has 0 aromatic carbocycles. The first-order valence-electron chi connectivity index (χ1n) is 30.7. The summed E-state index contributed by atoms with van der Waals surface area (Å²) in [6.07, 6.45) is 72.9. The molecule has 0 aliphatic heterocycles. The number of amides is 1. The summed E-state index contributed by atoms with van der Waals surface area (Å²) in [4.78, 5) is 24.5. The van der Waals surface area contributed by atoms with E-state index >= 15 is 0 Å². The fourth-order valence-electron chi connectivity index (χ4n) is 9.43. The van der Waals surface area contributed by atoms with Crippen LogP contribution in [0.3, 0.4) is 0 Å². The predicted octanol–water partition coefficient (Wildman–Crippen LogP) is 19.2. The van der Waals surface area contributed by atoms with Gasteiger partial charge >= 0.3 is 5.97 Å². The minimum Gasteiger partial charge on any atom is -0.466 e. The van der Waals surface area contributed by atoms with Crippen LogP contribution in [-0.2, 0) is 14.3 Å². The SMILES string of the molecule is CCCCCC/C=C\C/C=C\CCCCCCCC(=O)OCCCCCCCCCCCC/C=C\CCCCCCCCCC(=O)NC(CO)C(O)CCCCCCCCCCCCCCCCC. The van der Waals surface area contributed by atoms with Crippen molar-refractivity contribution in [3.05, 3.63) is 36.5 Å². The van der Waals surface area contributed by atoms with E-state index in [1.54, 1.807) is 0 Å². The minimum atomic E-state index is -0.669. The van der Waals surface area contributed by atoms with E-state index in [1.165, 1.54) is 244 Å². The average molecular weight is 971 g/mol. The standard InChI is InChI=1S/C63H119NO5/c1-3-5-7-9-11-13-15-17-19-29-33-37-41-45-49-53-57-63(68)69-58-54-50-46-42-38-34-30-26-24-22-20-21-23-25-28-32-36-40-44-48-52-56-62(67)64-60(59-65)61(66)55-51-47-43-39-35-31-27-18-16-14-12-10-8-6-4-2/h13,15,19,21,23,29,60-61,65-66H,3-12,14,16-18,20,22,24-28,30-59H2,1-2H3,(H,64,67)/b15-13-,23-21-,29-19-. The van der Waals surface area contributed by atoms with Crippen LogP contribution in [0.15, 0.2) is 36.5 Å². The molecule has 0 radical (unpaired) electrons. The van der Waals surface area contributed by atoms with Gasteiger partial charge in [-0.2, -0.15) is 0 Å². The summed E-state index contributed by atoms with van der Waals surface area (Å²) in [5.41, 5.74) is 0. The molecule has 0 fully saturated rings. The zero-order valence-electron chi connectivity index (χ0n) is 46.3. The van der Waals surface area contributed by atoms with Crippen LogP contribution in [0.5, 0.6) is 0 Å². The number of carbonyl (C=O) groups excluding carboxylic acids is 2. The van der Waals surface area contributed by atoms with Gasteiger partial charge in [-0.25, -0.2) is 0 Å². The molecule has 0 heterocycles. The Bertz CT molecular complexity index is 1120. The van der Waals surface area contributed by atoms with Crippen LogP contribution in [0.1, 0.15) is 328 Å². The van der Waals surface area contributed by atoms with E-state index in [9.17, 15) is 19.8 Å². The van der Waals surface area contributed by atoms with Gasteiger partial charge in [0, 0.05) is 12.8 Å². The van der Waals surface area contributed by atoms with E-state index in [4.69, 9.17) is 4.74 Å². The fourth-order valence-corrected chi connectivity index (χ4v) is 9.43. The van der Waals surface area contributed by atoms with E-state index in [0.29, 0.717) is 25.9 Å². The molecular formula is C63H119NO5. The number of hydrogen-bond acceptors (Lipinski definition) is 5. The van der Waals surface area contributed by atoms with Gasteiger partial charge in [-0.3, -0.25) is 9.59 Å². The van der Waals surface area contributed by atoms with Crippen LogP contribution < -0.4 is 5.32 Å². The van der Waals surface area contributed by atoms with Crippen molar-refractivity contribution >= 4 is 11.9 Å². The van der Waals surface area contributed by atoms with E-state index in [1.807, 2.05) is 0 Å². The molecule has 69 heavy (non-hydrogen) atoms. The highest BCUT2D eigenvalue weighted by atomic mass is 16.5. The van der Waals surface area contributed by atoms with Gasteiger partial charge in [0.05, 0.1) is 25.4 Å². The van der Waals surface area contributed by atoms with Crippen molar-refractivity contribution in [2.45, 2.75) is 341 Å². The van der Waals surface area contributed by atoms with Crippen molar-refractivity contribution < 1.29 is 24.5 Å². The first kappa shape index (κ1) is 67.1. The second kappa shape index (κ2) is 58.6. The number of esters is 1. The quantitative estimate of drug-likeness (QED) is 0.0321. The molecule has 2 unspecified atom stereocenters. The zero-order chi connectivity index (χ0) is 50.0. The molecule has 0 aromatic heterocycles. The smallest absolute Gasteiger partial charge is 0.305 e. The number of aliphatic hydroxyl groups excluding tert-OH is 2. The third kappa shape index (κ3) is 55.2. The highest BCUT2D eigenvalue weighted by molar-refractivity contribution is 5.76. The first-order chi connectivity index (χ1) is 34.0. The highest BCUT2D eigenvalue weighted by Gasteiger charge is 2.20. The average Bonchev–Trinajstić information content (AvgIpc) is 3.35. The summed E-state index contributed by atoms with van der Waals surface area (Å²) < 4.78 is 5.48. The normalized spacial score (nSPS) is 12.8. The Kier molecular flexibility index (Phi) is 57.0. The molecular weight excluding hydrogens is 851 g/mol. The Morgan fingerprint density at radius 1 is 0.406 bits per heavy atom. The third-order valence-corrected chi connectivity index (χ3v) is 14.2. The predicted molar refractivity (Wildman–Crippen MR) is 301 cm³/mol. The van der Waals surface area contributed by atoms with Gasteiger partial charge in [-0.05, 0) is 83.5 Å². The van der Waals surface area contributed by atoms with E-state index < -0.39 is 12.1 Å². The maximum Gasteiger partial charge on any atom is 0.305 e. The molecule has 0 saturated heterocycles. The molecule has 6 nitrogen and oxygen atoms in total. The second-order valence-electron chi connectivity index (χ2n) is 21.0. The number of aliphatic hydroxyl groups is 2. The van der Waals surface area contributed by atoms with E-state index in [0.717, 1.165) is 51.4 Å². The van der Waals surface area contributed by atoms with Crippen molar-refractivity contribution in [2.24, 2.45) is 0 Å². The lowest BCUT2D eigenvalue weighted by molar-refractivity contribution is -0.143. The third-order valence-electron chi connectivity index (χ3n) is 14.2. The lowest BCUT2D eigenvalue weighted by Gasteiger charge is -2.22. The Hall–Kier alpha value is -1.92. The highest BCUT2D eigenvalue weighted by Crippen LogP contribution is 2.17. The molecule has 0 rings (SSSR count). The summed E-state index contributed by atoms with van der Waals surface area (Å²) in [5, 5.41) is 23.3. The maximum atomic E-state index is 12.5. The zero-order valence-corrected chi connectivity index (χ0v) is 46.3. The molecule has 0 saturated carbocycles. The number of unbranched alkanes of at least 4 members (excludes halogenated alkanes) is 40. The molecule has 3 N–H and O–H groups in total. The molecule has 2 atom stereocenters. The van der Waals surface area contributed by atoms with Crippen LogP contribution in [0, 0.1) is 0 Å². The first-order valence-corrected chi connectivity index (χ1v) is 30.7. The lowest BCUT2D eigenvalue weighted by atomic mass is 10.0. The number of carbonyl (C=O) groups is 2. The fraction of sp³-hybridized carbons (Fsp3) is 0.873. The Labute approximate surface area is 430 Å². The van der Waals surface area contributed by atoms with Gasteiger partial charge in [0.25, 0.3) is 0 Å². The van der Waals surface area contributed by atoms with Gasteiger partial charge in [0.1, 0.15) is 0 Å². The number of hydrogen-bond donors (Lipinski definition) is 3. The Morgan fingerprint density at radius 2 is 0.725 bits per heavy atom. The van der Waals surface area contributed by atoms with Crippen molar-refractivity contribution in [1.29, 1.82) is 0 Å². The van der Waals surface area contributed by atoms with Crippen molar-refractivity contribution in [2.75, 3.05) is 13.2 Å². The van der Waals surface area contributed by atoms with E-state index in [-0.39, 0.29) is 18.5 Å². The number of rotatable bonds is 57. The number of allylic oxidation sites excluding steroid dienone is 6. The van der Waals surface area contributed by atoms with Gasteiger partial charge < -0.3 is 20.3 Å². The molecule has 0 bridgehead atoms. The van der Waals surface area contributed by atoms with Crippen LogP contribution in [0.25, 0.3) is 0 Å². The van der Waals surface area contributed by atoms with Gasteiger partial charge in [-0.15, -0.1) is 0 Å². The Balaban J connectivity index is 3.43. The number of ether oxygens (including phenoxy) is 1. The maximum absolute atomic E-state index is 12.5. The van der Waals surface area contributed by atoms with Crippen LogP contribution in [0.2, 0.25) is 0 Å². The topological polar surface area (TPSA) is 95.9 Å². The molecule has 0 aliphatic rings. The van der Waals surface area contributed by atoms with Crippen molar-refractivity contribution in [1.82, 2.24) is 5.32 Å². The minimum absolute atomic E-state index is 0.00517. The summed E-state index contributed by atoms with van der Waals surface area (Å²) in [5.74, 6) is -0.0470. The van der Waals surface area contributed by atoms with E-state index in [2.05, 4.69) is 55.6 Å². The molecule has 0 spiro atoms. The molecule has 6 heteroatoms. The van der Waals surface area contributed by atoms with Gasteiger partial charge in [0.15, 0.2) is 0 Å². The molecule has 0 aliphatic carbocycles. The Morgan fingerprint density at radius 3 is 1.13 bits per heavy atom. The lowest BCUT2D eigenvalue weighted by Crippen LogP contribution is -2.45. The monoisotopic (exact) mass is 970 g/mol. The summed E-state index contributed by atoms with van der Waals surface area (Å²) in [6, 6.07) is -0.547. The largest absolute Gasteiger partial charge is 0.466 e. The summed E-state index contributed by atoms with van der Waals surface area (Å²) >= 11 is 0. The number of nitrogens with one attached hydrogen (secondary N) is 1. The van der Waals surface area contributed by atoms with Crippen LogP contribution in [-0.4, -0.2) is 47.4 Å². The molecule has 1 amide bonds. The summed E-state index contributed by atoms with van der Waals surface area (Å²) in [7, 11) is 0.